The van der Waals surface area contributed by atoms with E-state index in [4.69, 9.17) is 0 Å². The summed E-state index contributed by atoms with van der Waals surface area (Å²) in [4.78, 5) is 28.3. The quantitative estimate of drug-likeness (QED) is 0.347. The van der Waals surface area contributed by atoms with Crippen molar-refractivity contribution in [2.24, 2.45) is 0 Å². The van der Waals surface area contributed by atoms with Gasteiger partial charge in [-0.3, -0.25) is 13.9 Å². The number of aryl methyl sites for hydroxylation is 2. The molecule has 3 rings (SSSR count). The van der Waals surface area contributed by atoms with E-state index in [2.05, 4.69) is 21.2 Å². The van der Waals surface area contributed by atoms with E-state index in [1.165, 1.54) is 17.0 Å². The van der Waals surface area contributed by atoms with E-state index in [9.17, 15) is 18.0 Å². The molecule has 0 aliphatic heterocycles. The number of nitrogens with one attached hydrogen (secondary N) is 1. The smallest absolute Gasteiger partial charge is 0.264 e. The van der Waals surface area contributed by atoms with Crippen LogP contribution in [0, 0.1) is 13.8 Å². The Hall–Kier alpha value is -3.17. The summed E-state index contributed by atoms with van der Waals surface area (Å²) in [6, 6.07) is 20.0. The summed E-state index contributed by atoms with van der Waals surface area (Å²) < 4.78 is 29.5. The summed E-state index contributed by atoms with van der Waals surface area (Å²) in [6.07, 6.45) is 0. The Bertz CT molecular complexity index is 1370. The van der Waals surface area contributed by atoms with Crippen molar-refractivity contribution in [2.45, 2.75) is 58.1 Å². The highest BCUT2D eigenvalue weighted by Crippen LogP contribution is 2.26. The van der Waals surface area contributed by atoms with Gasteiger partial charge in [0.1, 0.15) is 12.6 Å². The molecule has 0 spiro atoms. The van der Waals surface area contributed by atoms with Crippen molar-refractivity contribution in [3.63, 3.8) is 0 Å². The minimum atomic E-state index is -4.09. The van der Waals surface area contributed by atoms with E-state index in [1.54, 1.807) is 43.3 Å². The predicted molar refractivity (Wildman–Crippen MR) is 154 cm³/mol. The molecule has 3 aromatic carbocycles. The van der Waals surface area contributed by atoms with Crippen LogP contribution >= 0.6 is 15.9 Å². The Morgan fingerprint density at radius 1 is 0.895 bits per heavy atom. The highest BCUT2D eigenvalue weighted by atomic mass is 79.9. The molecule has 9 heteroatoms. The van der Waals surface area contributed by atoms with Gasteiger partial charge in [0, 0.05) is 17.1 Å². The van der Waals surface area contributed by atoms with Gasteiger partial charge in [0.2, 0.25) is 11.8 Å². The van der Waals surface area contributed by atoms with Gasteiger partial charge in [-0.25, -0.2) is 8.42 Å². The number of nitrogens with zero attached hydrogens (tertiary/aromatic N) is 2. The zero-order valence-electron chi connectivity index (χ0n) is 22.3. The Kier molecular flexibility index (Phi) is 9.73. The summed E-state index contributed by atoms with van der Waals surface area (Å²) >= 11 is 3.38. The number of carbonyl (C=O) groups excluding carboxylic acids is 2. The van der Waals surface area contributed by atoms with Crippen LogP contribution < -0.4 is 9.62 Å². The molecule has 0 heterocycles. The molecule has 1 atom stereocenters. The lowest BCUT2D eigenvalue weighted by Crippen LogP contribution is -2.52. The van der Waals surface area contributed by atoms with Gasteiger partial charge in [0.25, 0.3) is 10.0 Å². The maximum Gasteiger partial charge on any atom is 0.264 e. The molecule has 3 aromatic rings. The van der Waals surface area contributed by atoms with Gasteiger partial charge < -0.3 is 10.2 Å². The number of rotatable bonds is 10. The number of anilines is 1. The summed E-state index contributed by atoms with van der Waals surface area (Å²) in [5, 5.41) is 2.86. The molecule has 0 fully saturated rings. The van der Waals surface area contributed by atoms with Gasteiger partial charge in [-0.15, -0.1) is 0 Å². The first-order valence-electron chi connectivity index (χ1n) is 12.4. The van der Waals surface area contributed by atoms with Crippen LogP contribution in [0.15, 0.2) is 82.2 Å². The van der Waals surface area contributed by atoms with E-state index in [0.717, 1.165) is 25.5 Å². The standard InChI is InChI=1S/C29H34BrN3O4S/c1-20(2)31-29(35)23(5)32(18-24-8-6-7-22(4)17-24)28(34)19-33(26-13-11-25(30)12-14-26)38(36,37)27-15-9-21(3)10-16-27/h6-17,20,23H,18-19H2,1-5H3,(H,31,35)/t23-/m1/s1. The second-order valence-corrected chi connectivity index (χ2v) is 12.4. The minimum Gasteiger partial charge on any atom is -0.352 e. The lowest BCUT2D eigenvalue weighted by molar-refractivity contribution is -0.139. The minimum absolute atomic E-state index is 0.0784. The highest BCUT2D eigenvalue weighted by molar-refractivity contribution is 9.10. The summed E-state index contributed by atoms with van der Waals surface area (Å²) in [5.74, 6) is -0.797. The maximum absolute atomic E-state index is 13.9. The first-order valence-corrected chi connectivity index (χ1v) is 14.6. The number of benzene rings is 3. The molecule has 0 radical (unpaired) electrons. The lowest BCUT2D eigenvalue weighted by atomic mass is 10.1. The van der Waals surface area contributed by atoms with Crippen LogP contribution in [0.25, 0.3) is 0 Å². The van der Waals surface area contributed by atoms with Crippen LogP contribution in [0.1, 0.15) is 37.5 Å². The third-order valence-corrected chi connectivity index (χ3v) is 8.35. The van der Waals surface area contributed by atoms with Crippen molar-refractivity contribution < 1.29 is 18.0 Å². The van der Waals surface area contributed by atoms with Crippen molar-refractivity contribution in [1.82, 2.24) is 10.2 Å². The molecule has 0 bridgehead atoms. The third-order valence-electron chi connectivity index (χ3n) is 6.04. The molecule has 202 valence electrons. The maximum atomic E-state index is 13.9. The zero-order valence-corrected chi connectivity index (χ0v) is 24.7. The largest absolute Gasteiger partial charge is 0.352 e. The molecule has 38 heavy (non-hydrogen) atoms. The van der Waals surface area contributed by atoms with Crippen LogP contribution in [0.5, 0.6) is 0 Å². The van der Waals surface area contributed by atoms with Crippen LogP contribution in [0.3, 0.4) is 0 Å². The van der Waals surface area contributed by atoms with Crippen LogP contribution in [0.2, 0.25) is 0 Å². The highest BCUT2D eigenvalue weighted by Gasteiger charge is 2.32. The van der Waals surface area contributed by atoms with E-state index in [0.29, 0.717) is 5.69 Å². The van der Waals surface area contributed by atoms with Crippen molar-refractivity contribution in [3.05, 3.63) is 94.0 Å². The molecule has 0 unspecified atom stereocenters. The number of sulfonamides is 1. The fraction of sp³-hybridized carbons (Fsp3) is 0.310. The zero-order chi connectivity index (χ0) is 28.0. The van der Waals surface area contributed by atoms with Crippen LogP contribution in [-0.4, -0.2) is 43.8 Å². The molecule has 7 nitrogen and oxygen atoms in total. The van der Waals surface area contributed by atoms with Crippen LogP contribution in [-0.2, 0) is 26.2 Å². The van der Waals surface area contributed by atoms with Gasteiger partial charge >= 0.3 is 0 Å². The number of carbonyl (C=O) groups is 2. The van der Waals surface area contributed by atoms with E-state index in [1.807, 2.05) is 52.0 Å². The third kappa shape index (κ3) is 7.45. The van der Waals surface area contributed by atoms with Gasteiger partial charge in [0.05, 0.1) is 10.6 Å². The Labute approximate surface area is 234 Å². The van der Waals surface area contributed by atoms with Crippen molar-refractivity contribution in [1.29, 1.82) is 0 Å². The average molecular weight is 601 g/mol. The monoisotopic (exact) mass is 599 g/mol. The molecular formula is C29H34BrN3O4S. The van der Waals surface area contributed by atoms with Crippen molar-refractivity contribution >= 4 is 43.5 Å². The summed E-state index contributed by atoms with van der Waals surface area (Å²) in [6.45, 7) is 8.87. The molecule has 0 aliphatic rings. The fourth-order valence-corrected chi connectivity index (χ4v) is 5.65. The number of amides is 2. The van der Waals surface area contributed by atoms with Crippen molar-refractivity contribution in [2.75, 3.05) is 10.8 Å². The molecular weight excluding hydrogens is 566 g/mol. The molecule has 0 saturated carbocycles. The second-order valence-electron chi connectivity index (χ2n) is 9.65. The number of hydrogen-bond acceptors (Lipinski definition) is 4. The normalized spacial score (nSPS) is 12.2. The lowest BCUT2D eigenvalue weighted by Gasteiger charge is -2.32. The van der Waals surface area contributed by atoms with E-state index in [-0.39, 0.29) is 23.4 Å². The van der Waals surface area contributed by atoms with Gasteiger partial charge in [0.15, 0.2) is 0 Å². The Morgan fingerprint density at radius 3 is 2.11 bits per heavy atom. The average Bonchev–Trinajstić information content (AvgIpc) is 2.86. The Morgan fingerprint density at radius 2 is 1.53 bits per heavy atom. The molecule has 2 amide bonds. The van der Waals surface area contributed by atoms with E-state index >= 15 is 0 Å². The summed E-state index contributed by atoms with van der Waals surface area (Å²) in [5.41, 5.74) is 3.13. The van der Waals surface area contributed by atoms with E-state index < -0.39 is 28.5 Å². The van der Waals surface area contributed by atoms with Crippen LogP contribution in [0.4, 0.5) is 5.69 Å². The van der Waals surface area contributed by atoms with Gasteiger partial charge in [-0.2, -0.15) is 0 Å². The molecule has 0 aliphatic carbocycles. The molecule has 0 saturated heterocycles. The SMILES string of the molecule is Cc1ccc(S(=O)(=O)N(CC(=O)N(Cc2cccc(C)c2)[C@H](C)C(=O)NC(C)C)c2ccc(Br)cc2)cc1. The molecule has 0 aromatic heterocycles. The topological polar surface area (TPSA) is 86.8 Å². The van der Waals surface area contributed by atoms with Crippen molar-refractivity contribution in [3.8, 4) is 0 Å². The fourth-order valence-electron chi connectivity index (χ4n) is 3.97. The first-order chi connectivity index (χ1) is 17.9. The van der Waals surface area contributed by atoms with Gasteiger partial charge in [-0.1, -0.05) is 63.5 Å². The second kappa shape index (κ2) is 12.6. The number of hydrogen-bond donors (Lipinski definition) is 1. The van der Waals surface area contributed by atoms with Gasteiger partial charge in [-0.05, 0) is 76.6 Å². The predicted octanol–water partition coefficient (Wildman–Crippen LogP) is 5.20. The Balaban J connectivity index is 2.02. The first kappa shape index (κ1) is 29.4. The number of halogens is 1. The molecule has 1 N–H and O–H groups in total. The summed E-state index contributed by atoms with van der Waals surface area (Å²) in [7, 11) is -4.09.